The summed E-state index contributed by atoms with van der Waals surface area (Å²) >= 11 is 0. The largest absolute Gasteiger partial charge is 0.493 e. The first kappa shape index (κ1) is 19.1. The van der Waals surface area contributed by atoms with Gasteiger partial charge in [0.25, 0.3) is 0 Å². The van der Waals surface area contributed by atoms with Crippen LogP contribution in [0.4, 0.5) is 5.82 Å². The SMILES string of the molecule is CC[C@H](Nc1cc(=NC2CC2)n2nc/c(=C\c3[nH]c(=O)[nH]c3O)c2n1)c1ccccc1. The molecule has 0 radical (unpaired) electrons. The third kappa shape index (κ3) is 3.94. The van der Waals surface area contributed by atoms with Gasteiger partial charge in [0.2, 0.25) is 5.88 Å². The second-order valence-corrected chi connectivity index (χ2v) is 7.70. The number of anilines is 1. The Labute approximate surface area is 177 Å². The zero-order valence-corrected chi connectivity index (χ0v) is 17.0. The summed E-state index contributed by atoms with van der Waals surface area (Å²) in [7, 11) is 0. The van der Waals surface area contributed by atoms with E-state index in [0.717, 1.165) is 24.8 Å². The fraction of sp³-hybridized carbons (Fsp3) is 0.273. The molecule has 1 aliphatic rings. The van der Waals surface area contributed by atoms with E-state index in [-0.39, 0.29) is 17.6 Å². The summed E-state index contributed by atoms with van der Waals surface area (Å²) in [4.78, 5) is 25.9. The highest BCUT2D eigenvalue weighted by atomic mass is 16.3. The van der Waals surface area contributed by atoms with Crippen molar-refractivity contribution in [3.63, 3.8) is 0 Å². The molecule has 5 rings (SSSR count). The molecule has 1 aromatic carbocycles. The molecule has 0 bridgehead atoms. The number of benzene rings is 1. The van der Waals surface area contributed by atoms with Gasteiger partial charge < -0.3 is 15.4 Å². The van der Waals surface area contributed by atoms with Crippen molar-refractivity contribution in [2.24, 2.45) is 4.99 Å². The molecule has 3 heterocycles. The number of nitrogens with one attached hydrogen (secondary N) is 3. The Morgan fingerprint density at radius 3 is 2.81 bits per heavy atom. The maximum Gasteiger partial charge on any atom is 0.326 e. The Hall–Kier alpha value is -3.88. The number of imidazole rings is 1. The number of aromatic amines is 2. The van der Waals surface area contributed by atoms with Crippen molar-refractivity contribution in [3.8, 4) is 5.88 Å². The summed E-state index contributed by atoms with van der Waals surface area (Å²) in [5.41, 5.74) is 2.30. The number of aromatic hydroxyl groups is 1. The molecular formula is C22H23N7O2. The normalized spacial score (nSPS) is 16.2. The van der Waals surface area contributed by atoms with E-state index in [2.05, 4.69) is 39.4 Å². The molecule has 0 spiro atoms. The Bertz CT molecular complexity index is 1400. The van der Waals surface area contributed by atoms with Gasteiger partial charge in [0, 0.05) is 11.3 Å². The minimum Gasteiger partial charge on any atom is -0.493 e. The van der Waals surface area contributed by atoms with Crippen LogP contribution in [-0.4, -0.2) is 35.7 Å². The third-order valence-corrected chi connectivity index (χ3v) is 5.31. The minimum atomic E-state index is -0.478. The molecule has 1 aliphatic carbocycles. The molecule has 1 atom stereocenters. The van der Waals surface area contributed by atoms with Crippen LogP contribution in [0.15, 0.2) is 52.4 Å². The highest BCUT2D eigenvalue weighted by Crippen LogP contribution is 2.23. The number of nitrogens with zero attached hydrogens (tertiary/aromatic N) is 4. The van der Waals surface area contributed by atoms with Gasteiger partial charge in [-0.2, -0.15) is 9.61 Å². The minimum absolute atomic E-state index is 0.102. The summed E-state index contributed by atoms with van der Waals surface area (Å²) in [5, 5.41) is 18.6. The van der Waals surface area contributed by atoms with Crippen molar-refractivity contribution in [1.29, 1.82) is 0 Å². The van der Waals surface area contributed by atoms with Gasteiger partial charge in [-0.05, 0) is 30.9 Å². The van der Waals surface area contributed by atoms with Crippen molar-refractivity contribution >= 4 is 17.5 Å². The van der Waals surface area contributed by atoms with Crippen molar-refractivity contribution in [3.05, 3.63) is 75.0 Å². The summed E-state index contributed by atoms with van der Waals surface area (Å²) in [6.45, 7) is 2.13. The number of aromatic nitrogens is 5. The molecule has 1 saturated carbocycles. The van der Waals surface area contributed by atoms with E-state index in [9.17, 15) is 9.90 Å². The highest BCUT2D eigenvalue weighted by molar-refractivity contribution is 5.58. The number of H-pyrrole nitrogens is 2. The molecule has 4 aromatic rings. The maximum absolute atomic E-state index is 11.5. The van der Waals surface area contributed by atoms with Crippen molar-refractivity contribution in [2.75, 3.05) is 5.32 Å². The van der Waals surface area contributed by atoms with E-state index in [4.69, 9.17) is 9.98 Å². The maximum atomic E-state index is 11.5. The zero-order valence-electron chi connectivity index (χ0n) is 17.0. The lowest BCUT2D eigenvalue weighted by atomic mass is 10.0. The lowest BCUT2D eigenvalue weighted by Crippen LogP contribution is -2.21. The standard InChI is InChI=1S/C22H23N7O2/c1-2-16(13-6-4-3-5-7-13)25-18-11-19(24-15-8-9-15)29-20(27-18)14(12-23-29)10-17-21(30)28-22(31)26-17/h3-7,10-12,15-16,25,30H,2,8-9H2,1H3,(H2,26,28,31)/b14-10+,24-19?/t16-/m0/s1. The van der Waals surface area contributed by atoms with Gasteiger partial charge in [-0.25, -0.2) is 9.78 Å². The van der Waals surface area contributed by atoms with Gasteiger partial charge in [0.05, 0.1) is 18.3 Å². The van der Waals surface area contributed by atoms with Crippen LogP contribution >= 0.6 is 0 Å². The third-order valence-electron chi connectivity index (χ3n) is 5.31. The second-order valence-electron chi connectivity index (χ2n) is 7.70. The Kier molecular flexibility index (Phi) is 4.78. The molecule has 0 unspecified atom stereocenters. The molecule has 9 heteroatoms. The van der Waals surface area contributed by atoms with E-state index in [0.29, 0.717) is 22.7 Å². The van der Waals surface area contributed by atoms with Crippen LogP contribution in [0.5, 0.6) is 5.88 Å². The van der Waals surface area contributed by atoms with Crippen molar-refractivity contribution < 1.29 is 5.11 Å². The Morgan fingerprint density at radius 1 is 1.32 bits per heavy atom. The van der Waals surface area contributed by atoms with E-state index in [1.807, 2.05) is 24.3 Å². The molecule has 1 fully saturated rings. The molecule has 31 heavy (non-hydrogen) atoms. The van der Waals surface area contributed by atoms with Crippen molar-refractivity contribution in [1.82, 2.24) is 24.6 Å². The molecule has 158 valence electrons. The van der Waals surface area contributed by atoms with Gasteiger partial charge >= 0.3 is 5.69 Å². The van der Waals surface area contributed by atoms with E-state index >= 15 is 0 Å². The predicted molar refractivity (Wildman–Crippen MR) is 117 cm³/mol. The highest BCUT2D eigenvalue weighted by Gasteiger charge is 2.20. The van der Waals surface area contributed by atoms with Gasteiger partial charge in [0.15, 0.2) is 11.1 Å². The van der Waals surface area contributed by atoms with Crippen LogP contribution < -0.4 is 21.7 Å². The lowest BCUT2D eigenvalue weighted by Gasteiger charge is -2.18. The van der Waals surface area contributed by atoms with Crippen LogP contribution in [-0.2, 0) is 0 Å². The lowest BCUT2D eigenvalue weighted by molar-refractivity contribution is 0.454. The topological polar surface area (TPSA) is 123 Å². The van der Waals surface area contributed by atoms with Gasteiger partial charge in [-0.15, -0.1) is 0 Å². The summed E-state index contributed by atoms with van der Waals surface area (Å²) < 4.78 is 1.70. The average molecular weight is 417 g/mol. The zero-order chi connectivity index (χ0) is 21.4. The monoisotopic (exact) mass is 417 g/mol. The fourth-order valence-corrected chi connectivity index (χ4v) is 3.55. The summed E-state index contributed by atoms with van der Waals surface area (Å²) in [6.07, 6.45) is 6.33. The van der Waals surface area contributed by atoms with E-state index in [1.165, 1.54) is 5.56 Å². The number of fused-ring (bicyclic) bond motifs is 1. The first-order valence-corrected chi connectivity index (χ1v) is 10.4. The van der Waals surface area contributed by atoms with Gasteiger partial charge in [-0.1, -0.05) is 37.3 Å². The first-order chi connectivity index (χ1) is 15.1. The van der Waals surface area contributed by atoms with E-state index < -0.39 is 5.69 Å². The van der Waals surface area contributed by atoms with Crippen LogP contribution in [0.25, 0.3) is 11.7 Å². The average Bonchev–Trinajstić information content (AvgIpc) is 3.41. The number of hydrogen-bond donors (Lipinski definition) is 4. The Balaban J connectivity index is 1.64. The molecule has 4 N–H and O–H groups in total. The van der Waals surface area contributed by atoms with Crippen LogP contribution in [0.3, 0.4) is 0 Å². The van der Waals surface area contributed by atoms with E-state index in [1.54, 1.807) is 16.8 Å². The summed E-state index contributed by atoms with van der Waals surface area (Å²) in [6, 6.07) is 12.6. The number of hydrogen-bond acceptors (Lipinski definition) is 6. The smallest absolute Gasteiger partial charge is 0.326 e. The second kappa shape index (κ2) is 7.75. The molecule has 9 nitrogen and oxygen atoms in total. The predicted octanol–water partition coefficient (Wildman–Crippen LogP) is 1.63. The van der Waals surface area contributed by atoms with Crippen molar-refractivity contribution in [2.45, 2.75) is 38.3 Å². The molecule has 3 aromatic heterocycles. The molecular weight excluding hydrogens is 394 g/mol. The number of rotatable bonds is 6. The molecule has 0 saturated heterocycles. The molecule has 0 aliphatic heterocycles. The van der Waals surface area contributed by atoms with Crippen LogP contribution in [0.1, 0.15) is 43.5 Å². The van der Waals surface area contributed by atoms with Gasteiger partial charge in [0.1, 0.15) is 11.5 Å². The first-order valence-electron chi connectivity index (χ1n) is 10.4. The molecule has 0 amide bonds. The Morgan fingerprint density at radius 2 is 2.13 bits per heavy atom. The fourth-order valence-electron chi connectivity index (χ4n) is 3.55. The van der Waals surface area contributed by atoms with Crippen LogP contribution in [0.2, 0.25) is 0 Å². The quantitative estimate of drug-likeness (QED) is 0.380. The van der Waals surface area contributed by atoms with Gasteiger partial charge in [-0.3, -0.25) is 9.98 Å². The summed E-state index contributed by atoms with van der Waals surface area (Å²) in [5.74, 6) is 0.473. The van der Waals surface area contributed by atoms with Crippen LogP contribution in [0, 0.1) is 0 Å².